The number of ketones is 1. The first kappa shape index (κ1) is 7.85. The molecule has 0 atom stereocenters. The Bertz CT molecular complexity index is 253. The van der Waals surface area contributed by atoms with Crippen molar-refractivity contribution >= 4 is 5.78 Å². The molecule has 1 rings (SSSR count). The molecule has 0 fully saturated rings. The van der Waals surface area contributed by atoms with Crippen molar-refractivity contribution in [1.29, 1.82) is 0 Å². The van der Waals surface area contributed by atoms with Crippen molar-refractivity contribution < 1.29 is 4.79 Å². The molecule has 0 amide bonds. The van der Waals surface area contributed by atoms with Crippen LogP contribution in [0.1, 0.15) is 18.3 Å². The fourth-order valence-electron chi connectivity index (χ4n) is 0.766. The van der Waals surface area contributed by atoms with Crippen molar-refractivity contribution in [2.45, 2.75) is 20.3 Å². The first-order valence-corrected chi connectivity index (χ1v) is 3.45. The second-order valence-electron chi connectivity index (χ2n) is 2.53. The summed E-state index contributed by atoms with van der Waals surface area (Å²) >= 11 is 0. The predicted molar refractivity (Wildman–Crippen MR) is 41.2 cm³/mol. The van der Waals surface area contributed by atoms with E-state index in [1.54, 1.807) is 19.3 Å². The standard InChI is InChI=1S/C8H10N2O/c1-6-4-10-8(5-9-6)3-7(2)11/h4-5H,3H2,1-2H3. The molecule has 0 spiro atoms. The fraction of sp³-hybridized carbons (Fsp3) is 0.375. The van der Waals surface area contributed by atoms with Crippen molar-refractivity contribution in [3.05, 3.63) is 23.8 Å². The van der Waals surface area contributed by atoms with Gasteiger partial charge in [0.25, 0.3) is 0 Å². The van der Waals surface area contributed by atoms with Crippen molar-refractivity contribution in [2.75, 3.05) is 0 Å². The molecule has 0 radical (unpaired) electrons. The molecular weight excluding hydrogens is 140 g/mol. The van der Waals surface area contributed by atoms with Crippen LogP contribution in [0.5, 0.6) is 0 Å². The van der Waals surface area contributed by atoms with Crippen molar-refractivity contribution in [3.63, 3.8) is 0 Å². The molecule has 0 aromatic carbocycles. The Morgan fingerprint density at radius 3 is 2.64 bits per heavy atom. The van der Waals surface area contributed by atoms with Crippen molar-refractivity contribution in [1.82, 2.24) is 9.97 Å². The summed E-state index contributed by atoms with van der Waals surface area (Å²) < 4.78 is 0. The molecule has 0 saturated heterocycles. The van der Waals surface area contributed by atoms with Gasteiger partial charge in [-0.05, 0) is 13.8 Å². The van der Waals surface area contributed by atoms with Gasteiger partial charge in [0, 0.05) is 18.8 Å². The van der Waals surface area contributed by atoms with Crippen LogP contribution in [0.25, 0.3) is 0 Å². The van der Waals surface area contributed by atoms with Crippen LogP contribution in [-0.2, 0) is 11.2 Å². The molecule has 0 N–H and O–H groups in total. The Morgan fingerprint density at radius 2 is 2.18 bits per heavy atom. The largest absolute Gasteiger partial charge is 0.300 e. The number of carbonyl (C=O) groups is 1. The second kappa shape index (κ2) is 3.23. The van der Waals surface area contributed by atoms with E-state index in [4.69, 9.17) is 0 Å². The average molecular weight is 150 g/mol. The maximum absolute atomic E-state index is 10.6. The summed E-state index contributed by atoms with van der Waals surface area (Å²) in [6.07, 6.45) is 3.68. The van der Waals surface area contributed by atoms with Gasteiger partial charge in [-0.2, -0.15) is 0 Å². The Labute approximate surface area is 65.5 Å². The number of hydrogen-bond donors (Lipinski definition) is 0. The number of rotatable bonds is 2. The zero-order valence-corrected chi connectivity index (χ0v) is 6.66. The number of carbonyl (C=O) groups excluding carboxylic acids is 1. The normalized spacial score (nSPS) is 9.64. The van der Waals surface area contributed by atoms with E-state index >= 15 is 0 Å². The molecule has 0 saturated carbocycles. The SMILES string of the molecule is CC(=O)Cc1cnc(C)cn1. The van der Waals surface area contributed by atoms with Crippen LogP contribution in [-0.4, -0.2) is 15.8 Å². The third-order valence-corrected chi connectivity index (χ3v) is 1.26. The topological polar surface area (TPSA) is 42.9 Å². The van der Waals surface area contributed by atoms with Gasteiger partial charge in [-0.3, -0.25) is 14.8 Å². The van der Waals surface area contributed by atoms with Crippen LogP contribution >= 0.6 is 0 Å². The lowest BCUT2D eigenvalue weighted by molar-refractivity contribution is -0.116. The molecular formula is C8H10N2O. The van der Waals surface area contributed by atoms with Crippen LogP contribution in [0.3, 0.4) is 0 Å². The lowest BCUT2D eigenvalue weighted by atomic mass is 10.2. The number of aromatic nitrogens is 2. The van der Waals surface area contributed by atoms with E-state index in [0.717, 1.165) is 11.4 Å². The molecule has 1 heterocycles. The number of Topliss-reactive ketones (excluding diaryl/α,β-unsaturated/α-hetero) is 1. The van der Waals surface area contributed by atoms with E-state index in [-0.39, 0.29) is 5.78 Å². The highest BCUT2D eigenvalue weighted by atomic mass is 16.1. The maximum Gasteiger partial charge on any atom is 0.135 e. The molecule has 58 valence electrons. The van der Waals surface area contributed by atoms with Gasteiger partial charge >= 0.3 is 0 Å². The summed E-state index contributed by atoms with van der Waals surface area (Å²) in [5, 5.41) is 0. The smallest absolute Gasteiger partial charge is 0.135 e. The van der Waals surface area contributed by atoms with Crippen LogP contribution < -0.4 is 0 Å². The molecule has 3 nitrogen and oxygen atoms in total. The van der Waals surface area contributed by atoms with Gasteiger partial charge in [0.05, 0.1) is 11.4 Å². The molecule has 1 aromatic rings. The van der Waals surface area contributed by atoms with E-state index < -0.39 is 0 Å². The molecule has 0 aliphatic heterocycles. The van der Waals surface area contributed by atoms with E-state index in [1.807, 2.05) is 6.92 Å². The molecule has 0 aliphatic carbocycles. The van der Waals surface area contributed by atoms with E-state index in [2.05, 4.69) is 9.97 Å². The molecule has 3 heteroatoms. The minimum Gasteiger partial charge on any atom is -0.300 e. The summed E-state index contributed by atoms with van der Waals surface area (Å²) in [7, 11) is 0. The highest BCUT2D eigenvalue weighted by molar-refractivity contribution is 5.77. The fourth-order valence-corrected chi connectivity index (χ4v) is 0.766. The van der Waals surface area contributed by atoms with Crippen LogP contribution in [0.4, 0.5) is 0 Å². The minimum atomic E-state index is 0.114. The van der Waals surface area contributed by atoms with Gasteiger partial charge in [0.1, 0.15) is 5.78 Å². The second-order valence-corrected chi connectivity index (χ2v) is 2.53. The van der Waals surface area contributed by atoms with Gasteiger partial charge in [0.2, 0.25) is 0 Å². The van der Waals surface area contributed by atoms with Crippen molar-refractivity contribution in [2.24, 2.45) is 0 Å². The summed E-state index contributed by atoms with van der Waals surface area (Å²) in [5.41, 5.74) is 1.61. The van der Waals surface area contributed by atoms with E-state index in [0.29, 0.717) is 6.42 Å². The molecule has 0 unspecified atom stereocenters. The first-order valence-electron chi connectivity index (χ1n) is 3.45. The van der Waals surface area contributed by atoms with E-state index in [1.165, 1.54) is 0 Å². The summed E-state index contributed by atoms with van der Waals surface area (Å²) in [5.74, 6) is 0.114. The third kappa shape index (κ3) is 2.45. The average Bonchev–Trinajstić information content (AvgIpc) is 1.93. The van der Waals surface area contributed by atoms with E-state index in [9.17, 15) is 4.79 Å². The third-order valence-electron chi connectivity index (χ3n) is 1.26. The Hall–Kier alpha value is -1.25. The minimum absolute atomic E-state index is 0.114. The highest BCUT2D eigenvalue weighted by Crippen LogP contribution is 1.95. The maximum atomic E-state index is 10.6. The quantitative estimate of drug-likeness (QED) is 0.629. The number of hydrogen-bond acceptors (Lipinski definition) is 3. The Kier molecular flexibility index (Phi) is 2.31. The Balaban J connectivity index is 2.74. The van der Waals surface area contributed by atoms with Crippen LogP contribution in [0.2, 0.25) is 0 Å². The van der Waals surface area contributed by atoms with Gasteiger partial charge < -0.3 is 0 Å². The summed E-state index contributed by atoms with van der Waals surface area (Å²) in [6, 6.07) is 0. The first-order chi connectivity index (χ1) is 5.18. The number of aryl methyl sites for hydroxylation is 1. The molecule has 0 bridgehead atoms. The van der Waals surface area contributed by atoms with Crippen molar-refractivity contribution in [3.8, 4) is 0 Å². The molecule has 1 aromatic heterocycles. The van der Waals surface area contributed by atoms with Gasteiger partial charge in [-0.15, -0.1) is 0 Å². The lowest BCUT2D eigenvalue weighted by Gasteiger charge is -1.95. The Morgan fingerprint density at radius 1 is 1.45 bits per heavy atom. The number of nitrogens with zero attached hydrogens (tertiary/aromatic N) is 2. The zero-order valence-electron chi connectivity index (χ0n) is 6.66. The van der Waals surface area contributed by atoms with Gasteiger partial charge in [-0.25, -0.2) is 0 Å². The summed E-state index contributed by atoms with van der Waals surface area (Å²) in [4.78, 5) is 18.7. The lowest BCUT2D eigenvalue weighted by Crippen LogP contribution is -1.99. The molecule has 0 aliphatic rings. The van der Waals surface area contributed by atoms with Gasteiger partial charge in [-0.1, -0.05) is 0 Å². The summed E-state index contributed by atoms with van der Waals surface area (Å²) in [6.45, 7) is 3.41. The van der Waals surface area contributed by atoms with Crippen LogP contribution in [0, 0.1) is 6.92 Å². The monoisotopic (exact) mass is 150 g/mol. The zero-order chi connectivity index (χ0) is 8.27. The molecule has 11 heavy (non-hydrogen) atoms. The van der Waals surface area contributed by atoms with Gasteiger partial charge in [0.15, 0.2) is 0 Å². The predicted octanol–water partition coefficient (Wildman–Crippen LogP) is 0.917. The van der Waals surface area contributed by atoms with Crippen LogP contribution in [0.15, 0.2) is 12.4 Å². The highest BCUT2D eigenvalue weighted by Gasteiger charge is 1.97.